The molecular weight excluding hydrogens is 382 g/mol. The number of nitro benzene ring substituents is 1. The van der Waals surface area contributed by atoms with Crippen molar-refractivity contribution in [2.45, 2.75) is 0 Å². The molecule has 0 aliphatic rings. The van der Waals surface area contributed by atoms with Crippen LogP contribution in [0.4, 0.5) is 11.4 Å². The van der Waals surface area contributed by atoms with Gasteiger partial charge in [0.05, 0.1) is 15.5 Å². The normalized spacial score (nSPS) is 10.8. The zero-order valence-corrected chi connectivity index (χ0v) is 15.0. The van der Waals surface area contributed by atoms with Gasteiger partial charge < -0.3 is 9.73 Å². The molecule has 0 bridgehead atoms. The molecule has 0 aliphatic carbocycles. The highest BCUT2D eigenvalue weighted by atomic mass is 35.5. The predicted molar refractivity (Wildman–Crippen MR) is 106 cm³/mol. The van der Waals surface area contributed by atoms with Gasteiger partial charge in [0.15, 0.2) is 5.58 Å². The van der Waals surface area contributed by atoms with Crippen LogP contribution in [0.2, 0.25) is 5.02 Å². The minimum absolute atomic E-state index is 0.149. The Balaban J connectivity index is 1.61. The molecule has 1 N–H and O–H groups in total. The number of nitrogens with one attached hydrogen (secondary N) is 1. The second kappa shape index (κ2) is 7.13. The Morgan fingerprint density at radius 1 is 1.07 bits per heavy atom. The van der Waals surface area contributed by atoms with Crippen LogP contribution >= 0.6 is 11.6 Å². The Labute approximate surface area is 163 Å². The fraction of sp³-hybridized carbons (Fsp3) is 0. The van der Waals surface area contributed by atoms with Crippen LogP contribution < -0.4 is 5.32 Å². The number of non-ortho nitro benzene ring substituents is 1. The van der Waals surface area contributed by atoms with E-state index in [0.717, 1.165) is 0 Å². The van der Waals surface area contributed by atoms with Crippen LogP contribution in [-0.2, 0) is 0 Å². The van der Waals surface area contributed by atoms with Gasteiger partial charge in [0.1, 0.15) is 5.52 Å². The van der Waals surface area contributed by atoms with Gasteiger partial charge in [-0.05, 0) is 36.4 Å². The number of amides is 1. The average Bonchev–Trinajstić information content (AvgIpc) is 3.11. The van der Waals surface area contributed by atoms with Gasteiger partial charge in [-0.2, -0.15) is 0 Å². The summed E-state index contributed by atoms with van der Waals surface area (Å²) in [6.07, 6.45) is 0. The first-order valence-corrected chi connectivity index (χ1v) is 8.60. The number of carbonyl (C=O) groups excluding carboxylic acids is 1. The van der Waals surface area contributed by atoms with E-state index in [2.05, 4.69) is 10.3 Å². The van der Waals surface area contributed by atoms with Crippen molar-refractivity contribution in [1.82, 2.24) is 4.98 Å². The van der Waals surface area contributed by atoms with Crippen molar-refractivity contribution in [2.75, 3.05) is 5.32 Å². The lowest BCUT2D eigenvalue weighted by atomic mass is 10.2. The first kappa shape index (κ1) is 17.7. The topological polar surface area (TPSA) is 98.3 Å². The minimum Gasteiger partial charge on any atom is -0.436 e. The Morgan fingerprint density at radius 3 is 2.68 bits per heavy atom. The third kappa shape index (κ3) is 3.43. The Morgan fingerprint density at radius 2 is 1.89 bits per heavy atom. The summed E-state index contributed by atoms with van der Waals surface area (Å²) in [5.41, 5.74) is 2.29. The summed E-state index contributed by atoms with van der Waals surface area (Å²) < 4.78 is 5.74. The summed E-state index contributed by atoms with van der Waals surface area (Å²) in [5, 5.41) is 14.1. The summed E-state index contributed by atoms with van der Waals surface area (Å²) >= 11 is 6.18. The van der Waals surface area contributed by atoms with Crippen LogP contribution in [0, 0.1) is 10.1 Å². The van der Waals surface area contributed by atoms with E-state index < -0.39 is 10.8 Å². The lowest BCUT2D eigenvalue weighted by molar-refractivity contribution is -0.384. The van der Waals surface area contributed by atoms with E-state index in [1.54, 1.807) is 30.3 Å². The van der Waals surface area contributed by atoms with Crippen molar-refractivity contribution in [3.63, 3.8) is 0 Å². The number of rotatable bonds is 4. The van der Waals surface area contributed by atoms with Crippen LogP contribution in [0.1, 0.15) is 10.4 Å². The zero-order valence-electron chi connectivity index (χ0n) is 14.3. The van der Waals surface area contributed by atoms with Gasteiger partial charge in [-0.1, -0.05) is 29.8 Å². The molecule has 138 valence electrons. The number of nitro groups is 1. The number of carbonyl (C=O) groups is 1. The molecule has 0 saturated heterocycles. The molecule has 3 aromatic carbocycles. The maximum atomic E-state index is 12.4. The first-order chi connectivity index (χ1) is 13.5. The summed E-state index contributed by atoms with van der Waals surface area (Å²) in [7, 11) is 0. The third-order valence-electron chi connectivity index (χ3n) is 4.07. The van der Waals surface area contributed by atoms with Crippen molar-refractivity contribution in [2.24, 2.45) is 0 Å². The van der Waals surface area contributed by atoms with E-state index in [4.69, 9.17) is 16.0 Å². The lowest BCUT2D eigenvalue weighted by Gasteiger charge is -2.04. The van der Waals surface area contributed by atoms with Crippen molar-refractivity contribution >= 4 is 40.0 Å². The van der Waals surface area contributed by atoms with Crippen LogP contribution in [0.15, 0.2) is 71.1 Å². The quantitative estimate of drug-likeness (QED) is 0.374. The molecule has 1 aromatic heterocycles. The summed E-state index contributed by atoms with van der Waals surface area (Å²) in [6, 6.07) is 17.7. The maximum absolute atomic E-state index is 12.4. The van der Waals surface area contributed by atoms with E-state index in [0.29, 0.717) is 33.3 Å². The highest BCUT2D eigenvalue weighted by molar-refractivity contribution is 6.33. The van der Waals surface area contributed by atoms with Gasteiger partial charge in [0.2, 0.25) is 5.89 Å². The molecule has 8 heteroatoms. The van der Waals surface area contributed by atoms with Crippen molar-refractivity contribution in [3.05, 3.63) is 87.4 Å². The number of aromatic nitrogens is 1. The number of oxazole rings is 1. The third-order valence-corrected chi connectivity index (χ3v) is 4.40. The second-order valence-electron chi connectivity index (χ2n) is 5.94. The Bertz CT molecular complexity index is 1220. The largest absolute Gasteiger partial charge is 0.436 e. The number of halogens is 1. The molecule has 0 atom stereocenters. The molecule has 0 fully saturated rings. The minimum atomic E-state index is -0.547. The Kier molecular flexibility index (Phi) is 4.50. The van der Waals surface area contributed by atoms with Gasteiger partial charge in [-0.3, -0.25) is 14.9 Å². The molecule has 28 heavy (non-hydrogen) atoms. The van der Waals surface area contributed by atoms with Crippen LogP contribution in [0.3, 0.4) is 0 Å². The molecule has 4 rings (SSSR count). The van der Waals surface area contributed by atoms with E-state index in [9.17, 15) is 14.9 Å². The van der Waals surface area contributed by atoms with Crippen molar-refractivity contribution in [1.29, 1.82) is 0 Å². The smallest absolute Gasteiger partial charge is 0.270 e. The number of nitrogens with zero attached hydrogens (tertiary/aromatic N) is 2. The van der Waals surface area contributed by atoms with E-state index in [1.165, 1.54) is 24.3 Å². The van der Waals surface area contributed by atoms with Gasteiger partial charge in [0.25, 0.3) is 11.6 Å². The molecule has 0 unspecified atom stereocenters. The number of hydrogen-bond donors (Lipinski definition) is 1. The van der Waals surface area contributed by atoms with Crippen LogP contribution in [-0.4, -0.2) is 15.8 Å². The van der Waals surface area contributed by atoms with Crippen LogP contribution in [0.5, 0.6) is 0 Å². The predicted octanol–water partition coefficient (Wildman–Crippen LogP) is 5.31. The molecular formula is C20H12ClN3O4. The maximum Gasteiger partial charge on any atom is 0.270 e. The molecule has 7 nitrogen and oxygen atoms in total. The van der Waals surface area contributed by atoms with Gasteiger partial charge in [0, 0.05) is 23.4 Å². The van der Waals surface area contributed by atoms with Crippen LogP contribution in [0.25, 0.3) is 22.6 Å². The van der Waals surface area contributed by atoms with Crippen molar-refractivity contribution < 1.29 is 14.1 Å². The summed E-state index contributed by atoms with van der Waals surface area (Å²) in [6.45, 7) is 0. The Hall–Kier alpha value is -3.71. The van der Waals surface area contributed by atoms with E-state index >= 15 is 0 Å². The fourth-order valence-corrected chi connectivity index (χ4v) is 2.94. The lowest BCUT2D eigenvalue weighted by Crippen LogP contribution is -2.12. The SMILES string of the molecule is O=C(Nc1ccc2oc(-c3ccccc3Cl)nc2c1)c1cccc([N+](=O)[O-])c1. The number of anilines is 1. The standard InChI is InChI=1S/C20H12ClN3O4/c21-16-7-2-1-6-15(16)20-23-17-11-13(8-9-18(17)28-20)22-19(25)12-4-3-5-14(10-12)24(26)27/h1-11H,(H,22,25). The van der Waals surface area contributed by atoms with Crippen molar-refractivity contribution in [3.8, 4) is 11.5 Å². The number of benzene rings is 3. The molecule has 1 amide bonds. The fourth-order valence-electron chi connectivity index (χ4n) is 2.72. The van der Waals surface area contributed by atoms with Gasteiger partial charge in [-0.25, -0.2) is 4.98 Å². The van der Waals surface area contributed by atoms with E-state index in [-0.39, 0.29) is 11.3 Å². The molecule has 0 saturated carbocycles. The van der Waals surface area contributed by atoms with Gasteiger partial charge in [-0.15, -0.1) is 0 Å². The first-order valence-electron chi connectivity index (χ1n) is 8.22. The molecule has 0 spiro atoms. The second-order valence-corrected chi connectivity index (χ2v) is 6.35. The number of fused-ring (bicyclic) bond motifs is 1. The molecule has 1 heterocycles. The molecule has 0 aliphatic heterocycles. The summed E-state index contributed by atoms with van der Waals surface area (Å²) in [4.78, 5) is 27.2. The molecule has 4 aromatic rings. The summed E-state index contributed by atoms with van der Waals surface area (Å²) in [5.74, 6) is -0.0827. The average molecular weight is 394 g/mol. The van der Waals surface area contributed by atoms with E-state index in [1.807, 2.05) is 12.1 Å². The zero-order chi connectivity index (χ0) is 19.7. The number of hydrogen-bond acceptors (Lipinski definition) is 5. The highest BCUT2D eigenvalue weighted by Crippen LogP contribution is 2.30. The highest BCUT2D eigenvalue weighted by Gasteiger charge is 2.14. The monoisotopic (exact) mass is 393 g/mol. The molecule has 0 radical (unpaired) electrons. The van der Waals surface area contributed by atoms with Gasteiger partial charge >= 0.3 is 0 Å².